The van der Waals surface area contributed by atoms with Crippen LogP contribution in [0.1, 0.15) is 29.6 Å². The van der Waals surface area contributed by atoms with Gasteiger partial charge in [0.15, 0.2) is 0 Å². The standard InChI is InChI=1S/C13H18ClN3O3S/c1-21(19,20)16-9-11-4-2-3-7-17(11)13(18)10-5-6-12(14)15-8-10/h5-6,8,11,16H,2-4,7,9H2,1H3. The van der Waals surface area contributed by atoms with Gasteiger partial charge in [0.05, 0.1) is 11.8 Å². The van der Waals surface area contributed by atoms with Crippen LogP contribution in [0.25, 0.3) is 0 Å². The third-order valence-electron chi connectivity index (χ3n) is 3.44. The molecule has 21 heavy (non-hydrogen) atoms. The van der Waals surface area contributed by atoms with E-state index in [0.29, 0.717) is 17.3 Å². The lowest BCUT2D eigenvalue weighted by Crippen LogP contribution is -2.49. The van der Waals surface area contributed by atoms with E-state index < -0.39 is 10.0 Å². The average Bonchev–Trinajstić information content (AvgIpc) is 2.45. The van der Waals surface area contributed by atoms with Crippen LogP contribution >= 0.6 is 11.6 Å². The van der Waals surface area contributed by atoms with Crippen molar-refractivity contribution < 1.29 is 13.2 Å². The summed E-state index contributed by atoms with van der Waals surface area (Å²) in [6.07, 6.45) is 5.25. The summed E-state index contributed by atoms with van der Waals surface area (Å²) in [5, 5.41) is 0.334. The molecule has 2 rings (SSSR count). The van der Waals surface area contributed by atoms with Crippen molar-refractivity contribution in [3.63, 3.8) is 0 Å². The SMILES string of the molecule is CS(=O)(=O)NCC1CCCCN1C(=O)c1ccc(Cl)nc1. The number of pyridine rings is 1. The van der Waals surface area contributed by atoms with Crippen LogP contribution in [-0.4, -0.2) is 49.6 Å². The Morgan fingerprint density at radius 1 is 1.48 bits per heavy atom. The minimum atomic E-state index is -3.26. The van der Waals surface area contributed by atoms with Gasteiger partial charge in [-0.15, -0.1) is 0 Å². The second-order valence-corrected chi connectivity index (χ2v) is 7.36. The molecule has 0 saturated carbocycles. The van der Waals surface area contributed by atoms with Crippen LogP contribution in [0.5, 0.6) is 0 Å². The summed E-state index contributed by atoms with van der Waals surface area (Å²) in [7, 11) is -3.26. The quantitative estimate of drug-likeness (QED) is 0.843. The van der Waals surface area contributed by atoms with Crippen molar-refractivity contribution in [2.75, 3.05) is 19.3 Å². The van der Waals surface area contributed by atoms with Crippen LogP contribution in [0, 0.1) is 0 Å². The van der Waals surface area contributed by atoms with Crippen molar-refractivity contribution in [2.24, 2.45) is 0 Å². The van der Waals surface area contributed by atoms with E-state index in [1.807, 2.05) is 0 Å². The van der Waals surface area contributed by atoms with Gasteiger partial charge in [-0.25, -0.2) is 18.1 Å². The molecule has 0 aliphatic carbocycles. The van der Waals surface area contributed by atoms with E-state index in [0.717, 1.165) is 25.5 Å². The lowest BCUT2D eigenvalue weighted by Gasteiger charge is -2.35. The Bertz CT molecular complexity index is 604. The number of hydrogen-bond donors (Lipinski definition) is 1. The molecule has 1 aromatic heterocycles. The van der Waals surface area contributed by atoms with Crippen LogP contribution in [0.4, 0.5) is 0 Å². The van der Waals surface area contributed by atoms with Gasteiger partial charge >= 0.3 is 0 Å². The van der Waals surface area contributed by atoms with Gasteiger partial charge in [0.2, 0.25) is 10.0 Å². The van der Waals surface area contributed by atoms with Crippen molar-refractivity contribution in [2.45, 2.75) is 25.3 Å². The topological polar surface area (TPSA) is 79.4 Å². The van der Waals surface area contributed by atoms with Crippen LogP contribution in [0.3, 0.4) is 0 Å². The number of sulfonamides is 1. The highest BCUT2D eigenvalue weighted by Crippen LogP contribution is 2.19. The van der Waals surface area contributed by atoms with E-state index >= 15 is 0 Å². The smallest absolute Gasteiger partial charge is 0.255 e. The number of hydrogen-bond acceptors (Lipinski definition) is 4. The molecular weight excluding hydrogens is 314 g/mol. The average molecular weight is 332 g/mol. The number of rotatable bonds is 4. The van der Waals surface area contributed by atoms with Gasteiger partial charge in [-0.1, -0.05) is 11.6 Å². The second-order valence-electron chi connectivity index (χ2n) is 5.14. The zero-order chi connectivity index (χ0) is 15.5. The number of nitrogens with zero attached hydrogens (tertiary/aromatic N) is 2. The molecule has 1 unspecified atom stereocenters. The summed E-state index contributed by atoms with van der Waals surface area (Å²) in [4.78, 5) is 18.1. The number of carbonyl (C=O) groups excluding carboxylic acids is 1. The van der Waals surface area contributed by atoms with Gasteiger partial charge in [0.25, 0.3) is 5.91 Å². The first-order valence-electron chi connectivity index (χ1n) is 6.74. The third kappa shape index (κ3) is 4.66. The van der Waals surface area contributed by atoms with Gasteiger partial charge in [0, 0.05) is 25.3 Å². The molecule has 1 amide bonds. The number of amides is 1. The third-order valence-corrected chi connectivity index (χ3v) is 4.36. The number of nitrogens with one attached hydrogen (secondary N) is 1. The molecule has 1 N–H and O–H groups in total. The Labute approximate surface area is 129 Å². The maximum atomic E-state index is 12.5. The fraction of sp³-hybridized carbons (Fsp3) is 0.538. The Morgan fingerprint density at radius 2 is 2.24 bits per heavy atom. The van der Waals surface area contributed by atoms with E-state index in [4.69, 9.17) is 11.6 Å². The van der Waals surface area contributed by atoms with Crippen molar-refractivity contribution >= 4 is 27.5 Å². The lowest BCUT2D eigenvalue weighted by atomic mass is 10.0. The highest BCUT2D eigenvalue weighted by atomic mass is 35.5. The summed E-state index contributed by atoms with van der Waals surface area (Å²) < 4.78 is 24.9. The molecule has 0 spiro atoms. The predicted molar refractivity (Wildman–Crippen MR) is 80.8 cm³/mol. The molecule has 6 nitrogen and oxygen atoms in total. The number of piperidine rings is 1. The zero-order valence-corrected chi connectivity index (χ0v) is 13.3. The fourth-order valence-corrected chi connectivity index (χ4v) is 3.00. The minimum Gasteiger partial charge on any atom is -0.334 e. The number of aromatic nitrogens is 1. The predicted octanol–water partition coefficient (Wildman–Crippen LogP) is 1.28. The molecule has 2 heterocycles. The molecule has 1 aliphatic heterocycles. The molecule has 116 valence electrons. The lowest BCUT2D eigenvalue weighted by molar-refractivity contribution is 0.0618. The van der Waals surface area contributed by atoms with E-state index in [2.05, 4.69) is 9.71 Å². The van der Waals surface area contributed by atoms with Crippen molar-refractivity contribution in [1.82, 2.24) is 14.6 Å². The molecule has 1 saturated heterocycles. The first kappa shape index (κ1) is 16.2. The van der Waals surface area contributed by atoms with Crippen LogP contribution in [0.15, 0.2) is 18.3 Å². The summed E-state index contributed by atoms with van der Waals surface area (Å²) in [5.74, 6) is -0.140. The number of likely N-dealkylation sites (tertiary alicyclic amines) is 1. The Balaban J connectivity index is 2.10. The first-order valence-corrected chi connectivity index (χ1v) is 9.01. The monoisotopic (exact) mass is 331 g/mol. The zero-order valence-electron chi connectivity index (χ0n) is 11.8. The van der Waals surface area contributed by atoms with Gasteiger partial charge in [0.1, 0.15) is 5.15 Å². The summed E-state index contributed by atoms with van der Waals surface area (Å²) in [5.41, 5.74) is 0.464. The van der Waals surface area contributed by atoms with E-state index in [-0.39, 0.29) is 18.5 Å². The van der Waals surface area contributed by atoms with E-state index in [1.54, 1.807) is 17.0 Å². The molecular formula is C13H18ClN3O3S. The molecule has 0 bridgehead atoms. The molecule has 1 atom stereocenters. The number of carbonyl (C=O) groups is 1. The summed E-state index contributed by atoms with van der Waals surface area (Å²) >= 11 is 5.72. The minimum absolute atomic E-state index is 0.128. The van der Waals surface area contributed by atoms with Crippen LogP contribution in [0.2, 0.25) is 5.15 Å². The van der Waals surface area contributed by atoms with Crippen molar-refractivity contribution in [3.05, 3.63) is 29.0 Å². The van der Waals surface area contributed by atoms with E-state index in [9.17, 15) is 13.2 Å². The first-order chi connectivity index (χ1) is 9.87. The highest BCUT2D eigenvalue weighted by molar-refractivity contribution is 7.88. The summed E-state index contributed by atoms with van der Waals surface area (Å²) in [6, 6.07) is 3.08. The molecule has 0 radical (unpaired) electrons. The largest absolute Gasteiger partial charge is 0.334 e. The van der Waals surface area contributed by atoms with Gasteiger partial charge in [-0.3, -0.25) is 4.79 Å². The Kier molecular flexibility index (Phi) is 5.18. The van der Waals surface area contributed by atoms with Crippen molar-refractivity contribution in [1.29, 1.82) is 0 Å². The second kappa shape index (κ2) is 6.72. The fourth-order valence-electron chi connectivity index (χ4n) is 2.40. The maximum Gasteiger partial charge on any atom is 0.255 e. The molecule has 1 fully saturated rings. The van der Waals surface area contributed by atoms with Gasteiger partial charge in [-0.2, -0.15) is 0 Å². The van der Waals surface area contributed by atoms with Crippen molar-refractivity contribution in [3.8, 4) is 0 Å². The van der Waals surface area contributed by atoms with Gasteiger partial charge < -0.3 is 4.90 Å². The van der Waals surface area contributed by atoms with E-state index in [1.165, 1.54) is 6.20 Å². The molecule has 1 aromatic rings. The van der Waals surface area contributed by atoms with Crippen LogP contribution < -0.4 is 4.72 Å². The molecule has 0 aromatic carbocycles. The van der Waals surface area contributed by atoms with Gasteiger partial charge in [-0.05, 0) is 31.4 Å². The Morgan fingerprint density at radius 3 is 2.86 bits per heavy atom. The maximum absolute atomic E-state index is 12.5. The normalized spacial score (nSPS) is 19.5. The Hall–Kier alpha value is -1.18. The summed E-state index contributed by atoms with van der Waals surface area (Å²) in [6.45, 7) is 0.864. The van der Waals surface area contributed by atoms with Crippen LogP contribution in [-0.2, 0) is 10.0 Å². The number of halogens is 1. The molecule has 8 heteroatoms. The molecule has 1 aliphatic rings. The highest BCUT2D eigenvalue weighted by Gasteiger charge is 2.28.